The molecule has 2 unspecified atom stereocenters. The van der Waals surface area contributed by atoms with E-state index in [-0.39, 0.29) is 12.5 Å². The summed E-state index contributed by atoms with van der Waals surface area (Å²) in [5.41, 5.74) is 6.33. The molecule has 88 valence electrons. The molecule has 0 saturated heterocycles. The summed E-state index contributed by atoms with van der Waals surface area (Å²) in [7, 11) is 0. The van der Waals surface area contributed by atoms with Crippen LogP contribution in [0.1, 0.15) is 25.8 Å². The highest BCUT2D eigenvalue weighted by atomic mass is 79.9. The first-order chi connectivity index (χ1) is 7.36. The van der Waals surface area contributed by atoms with E-state index in [1.807, 2.05) is 38.1 Å². The average molecular weight is 286 g/mol. The van der Waals surface area contributed by atoms with Crippen molar-refractivity contribution >= 4 is 21.9 Å². The fourth-order valence-corrected chi connectivity index (χ4v) is 1.94. The Kier molecular flexibility index (Phi) is 4.10. The molecule has 0 amide bonds. The maximum Gasteiger partial charge on any atom is 0.304 e. The molecule has 16 heavy (non-hydrogen) atoms. The number of carbonyl (C=O) groups is 1. The number of halogens is 1. The zero-order valence-electron chi connectivity index (χ0n) is 9.40. The summed E-state index contributed by atoms with van der Waals surface area (Å²) in [5.74, 6) is -0.831. The number of aliphatic carboxylic acids is 1. The van der Waals surface area contributed by atoms with E-state index < -0.39 is 11.4 Å². The van der Waals surface area contributed by atoms with Gasteiger partial charge in [-0.25, -0.2) is 0 Å². The maximum atomic E-state index is 10.9. The first-order valence-electron chi connectivity index (χ1n) is 5.09. The molecule has 0 aromatic heterocycles. The Morgan fingerprint density at radius 2 is 2.00 bits per heavy atom. The lowest BCUT2D eigenvalue weighted by atomic mass is 9.74. The molecule has 2 atom stereocenters. The number of nitrogens with two attached hydrogens (primary N) is 1. The molecule has 3 nitrogen and oxygen atoms in total. The fourth-order valence-electron chi connectivity index (χ4n) is 1.67. The van der Waals surface area contributed by atoms with E-state index in [0.717, 1.165) is 10.0 Å². The molecule has 0 heterocycles. The maximum absolute atomic E-state index is 10.9. The van der Waals surface area contributed by atoms with Gasteiger partial charge in [-0.05, 0) is 24.6 Å². The summed E-state index contributed by atoms with van der Waals surface area (Å²) in [6, 6.07) is 7.41. The predicted octanol–water partition coefficient (Wildman–Crippen LogP) is 2.53. The van der Waals surface area contributed by atoms with Gasteiger partial charge in [0.25, 0.3) is 0 Å². The third-order valence-corrected chi connectivity index (χ3v) is 3.56. The number of carboxylic acid groups (broad SMARTS) is 1. The van der Waals surface area contributed by atoms with Crippen molar-refractivity contribution < 1.29 is 9.90 Å². The van der Waals surface area contributed by atoms with Gasteiger partial charge in [-0.3, -0.25) is 4.79 Å². The van der Waals surface area contributed by atoms with Crippen molar-refractivity contribution in [2.75, 3.05) is 0 Å². The quantitative estimate of drug-likeness (QED) is 0.894. The van der Waals surface area contributed by atoms with Crippen molar-refractivity contribution in [2.45, 2.75) is 31.7 Å². The first kappa shape index (κ1) is 13.2. The second-order valence-corrected chi connectivity index (χ2v) is 5.20. The summed E-state index contributed by atoms with van der Waals surface area (Å²) >= 11 is 3.35. The van der Waals surface area contributed by atoms with Gasteiger partial charge in [0, 0.05) is 15.9 Å². The van der Waals surface area contributed by atoms with Gasteiger partial charge in [0.15, 0.2) is 0 Å². The summed E-state index contributed by atoms with van der Waals surface area (Å²) in [6.07, 6.45) is 0.0340. The molecule has 0 aliphatic carbocycles. The molecule has 0 spiro atoms. The minimum absolute atomic E-state index is 0.0340. The van der Waals surface area contributed by atoms with Crippen LogP contribution in [0.15, 0.2) is 28.7 Å². The lowest BCUT2D eigenvalue weighted by molar-refractivity contribution is -0.138. The van der Waals surface area contributed by atoms with Crippen molar-refractivity contribution in [3.05, 3.63) is 34.3 Å². The van der Waals surface area contributed by atoms with E-state index in [2.05, 4.69) is 15.9 Å². The summed E-state index contributed by atoms with van der Waals surface area (Å²) in [4.78, 5) is 10.9. The van der Waals surface area contributed by atoms with E-state index in [1.165, 1.54) is 0 Å². The smallest absolute Gasteiger partial charge is 0.304 e. The molecular weight excluding hydrogens is 270 g/mol. The topological polar surface area (TPSA) is 63.3 Å². The lowest BCUT2D eigenvalue weighted by Crippen LogP contribution is -2.42. The van der Waals surface area contributed by atoms with Crippen LogP contribution >= 0.6 is 15.9 Å². The van der Waals surface area contributed by atoms with Crippen molar-refractivity contribution in [2.24, 2.45) is 5.73 Å². The zero-order valence-corrected chi connectivity index (χ0v) is 11.0. The summed E-state index contributed by atoms with van der Waals surface area (Å²) < 4.78 is 0.971. The summed E-state index contributed by atoms with van der Waals surface area (Å²) in [5, 5.41) is 8.95. The van der Waals surface area contributed by atoms with Crippen LogP contribution in [0, 0.1) is 0 Å². The van der Waals surface area contributed by atoms with Gasteiger partial charge in [0.05, 0.1) is 6.42 Å². The van der Waals surface area contributed by atoms with Gasteiger partial charge in [-0.1, -0.05) is 35.0 Å². The predicted molar refractivity (Wildman–Crippen MR) is 67.4 cm³/mol. The van der Waals surface area contributed by atoms with Crippen molar-refractivity contribution in [1.29, 1.82) is 0 Å². The minimum Gasteiger partial charge on any atom is -0.481 e. The van der Waals surface area contributed by atoms with Crippen LogP contribution in [0.2, 0.25) is 0 Å². The minimum atomic E-state index is -0.831. The molecule has 1 aromatic rings. The Bertz CT molecular complexity index is 375. The third-order valence-electron chi connectivity index (χ3n) is 3.03. The highest BCUT2D eigenvalue weighted by molar-refractivity contribution is 9.10. The molecule has 0 fully saturated rings. The lowest BCUT2D eigenvalue weighted by Gasteiger charge is -2.32. The Hall–Kier alpha value is -0.870. The highest BCUT2D eigenvalue weighted by Gasteiger charge is 2.33. The first-order valence-corrected chi connectivity index (χ1v) is 5.89. The van der Waals surface area contributed by atoms with Crippen molar-refractivity contribution in [3.63, 3.8) is 0 Å². The van der Waals surface area contributed by atoms with Crippen LogP contribution in [-0.2, 0) is 10.2 Å². The SMILES string of the molecule is CC(N)C(C)(CC(=O)O)c1ccc(Br)cc1. The normalized spacial score (nSPS) is 16.5. The molecule has 0 aliphatic heterocycles. The number of carboxylic acids is 1. The third kappa shape index (κ3) is 2.83. The monoisotopic (exact) mass is 285 g/mol. The highest BCUT2D eigenvalue weighted by Crippen LogP contribution is 2.31. The fraction of sp³-hybridized carbons (Fsp3) is 0.417. The second kappa shape index (κ2) is 4.97. The van der Waals surface area contributed by atoms with E-state index in [4.69, 9.17) is 10.8 Å². The molecule has 1 aromatic carbocycles. The summed E-state index contributed by atoms with van der Waals surface area (Å²) in [6.45, 7) is 3.72. The van der Waals surface area contributed by atoms with Crippen molar-refractivity contribution in [3.8, 4) is 0 Å². The average Bonchev–Trinajstić information content (AvgIpc) is 2.17. The van der Waals surface area contributed by atoms with E-state index in [9.17, 15) is 4.79 Å². The molecule has 0 radical (unpaired) electrons. The molecule has 0 saturated carbocycles. The largest absolute Gasteiger partial charge is 0.481 e. The standard InChI is InChI=1S/C12H16BrNO2/c1-8(14)12(2,7-11(15)16)9-3-5-10(13)6-4-9/h3-6,8H,7,14H2,1-2H3,(H,15,16). The Morgan fingerprint density at radius 3 is 2.38 bits per heavy atom. The second-order valence-electron chi connectivity index (χ2n) is 4.28. The van der Waals surface area contributed by atoms with Gasteiger partial charge < -0.3 is 10.8 Å². The number of rotatable bonds is 4. The number of benzene rings is 1. The number of hydrogen-bond acceptors (Lipinski definition) is 2. The number of hydrogen-bond donors (Lipinski definition) is 2. The van der Waals surface area contributed by atoms with Crippen LogP contribution in [0.3, 0.4) is 0 Å². The Balaban J connectivity index is 3.10. The van der Waals surface area contributed by atoms with Gasteiger partial charge in [0.2, 0.25) is 0 Å². The molecule has 4 heteroatoms. The van der Waals surface area contributed by atoms with E-state index in [1.54, 1.807) is 0 Å². The molecular formula is C12H16BrNO2. The molecule has 0 aliphatic rings. The van der Waals surface area contributed by atoms with Crippen molar-refractivity contribution in [1.82, 2.24) is 0 Å². The van der Waals surface area contributed by atoms with Crippen LogP contribution in [0.5, 0.6) is 0 Å². The van der Waals surface area contributed by atoms with E-state index >= 15 is 0 Å². The zero-order chi connectivity index (χ0) is 12.3. The van der Waals surface area contributed by atoms with Gasteiger partial charge in [-0.2, -0.15) is 0 Å². The van der Waals surface area contributed by atoms with Crippen LogP contribution in [0.4, 0.5) is 0 Å². The molecule has 0 bridgehead atoms. The molecule has 1 rings (SSSR count). The van der Waals surface area contributed by atoms with Gasteiger partial charge >= 0.3 is 5.97 Å². The Labute approximate surface area is 104 Å². The molecule has 3 N–H and O–H groups in total. The van der Waals surface area contributed by atoms with Crippen LogP contribution in [0.25, 0.3) is 0 Å². The van der Waals surface area contributed by atoms with Gasteiger partial charge in [-0.15, -0.1) is 0 Å². The van der Waals surface area contributed by atoms with Crippen LogP contribution in [-0.4, -0.2) is 17.1 Å². The van der Waals surface area contributed by atoms with Gasteiger partial charge in [0.1, 0.15) is 0 Å². The van der Waals surface area contributed by atoms with Crippen LogP contribution < -0.4 is 5.73 Å². The Morgan fingerprint density at radius 1 is 1.50 bits per heavy atom. The van der Waals surface area contributed by atoms with E-state index in [0.29, 0.717) is 0 Å².